The summed E-state index contributed by atoms with van der Waals surface area (Å²) in [6.45, 7) is 8.15. The van der Waals surface area contributed by atoms with Crippen molar-refractivity contribution >= 4 is 34.5 Å². The van der Waals surface area contributed by atoms with Gasteiger partial charge in [0.25, 0.3) is 0 Å². The number of amides is 1. The Balaban J connectivity index is 2.11. The monoisotopic (exact) mass is 360 g/mol. The highest BCUT2D eigenvalue weighted by Gasteiger charge is 2.12. The van der Waals surface area contributed by atoms with Crippen LogP contribution >= 0.6 is 11.8 Å². The molecule has 1 heterocycles. The summed E-state index contributed by atoms with van der Waals surface area (Å²) >= 11 is 1.40. The predicted octanol–water partition coefficient (Wildman–Crippen LogP) is 3.19. The van der Waals surface area contributed by atoms with E-state index in [1.165, 1.54) is 17.3 Å². The van der Waals surface area contributed by atoms with Gasteiger partial charge in [-0.15, -0.1) is 0 Å². The van der Waals surface area contributed by atoms with Gasteiger partial charge in [0.05, 0.1) is 17.9 Å². The zero-order valence-corrected chi connectivity index (χ0v) is 16.0. The van der Waals surface area contributed by atoms with Gasteiger partial charge in [-0.25, -0.2) is 4.98 Å². The number of thioether (sulfide) groups is 1. The van der Waals surface area contributed by atoms with E-state index < -0.39 is 5.97 Å². The van der Waals surface area contributed by atoms with Crippen LogP contribution in [-0.2, 0) is 20.7 Å². The maximum absolute atomic E-state index is 11.9. The number of benzene rings is 1. The molecule has 0 radical (unpaired) electrons. The van der Waals surface area contributed by atoms with Crippen LogP contribution in [0, 0.1) is 13.8 Å². The number of fused-ring (bicyclic) bond motifs is 1. The maximum Gasteiger partial charge on any atom is 0.325 e. The summed E-state index contributed by atoms with van der Waals surface area (Å²) in [7, 11) is 0. The number of aryl methyl sites for hydroxylation is 3. The van der Waals surface area contributed by atoms with Crippen molar-refractivity contribution in [3.05, 3.63) is 34.9 Å². The molecule has 6 heteroatoms. The molecule has 0 saturated carbocycles. The molecule has 0 saturated heterocycles. The van der Waals surface area contributed by atoms with Crippen molar-refractivity contribution in [2.45, 2.75) is 39.1 Å². The first-order valence-corrected chi connectivity index (χ1v) is 9.39. The fourth-order valence-corrected chi connectivity index (χ4v) is 3.42. The summed E-state index contributed by atoms with van der Waals surface area (Å²) in [6, 6.07) is 6.34. The molecule has 2 aromatic rings. The number of rotatable bonds is 7. The van der Waals surface area contributed by atoms with Gasteiger partial charge in [0, 0.05) is 5.39 Å². The predicted molar refractivity (Wildman–Crippen MR) is 101 cm³/mol. The Hall–Kier alpha value is -2.08. The standard InChI is InChI=1S/C19H24N2O3S/c1-5-14-9-15-12(3)7-8-13(4)18(15)21-19(14)25-11-16(22)20-10-17(23)24-6-2/h7-9H,5-6,10-11H2,1-4H3,(H,20,22). The lowest BCUT2D eigenvalue weighted by molar-refractivity contribution is -0.143. The molecule has 0 fully saturated rings. The van der Waals surface area contributed by atoms with Crippen LogP contribution in [0.2, 0.25) is 0 Å². The topological polar surface area (TPSA) is 68.3 Å². The molecule has 0 spiro atoms. The summed E-state index contributed by atoms with van der Waals surface area (Å²) in [5.74, 6) is -0.413. The molecule has 134 valence electrons. The molecule has 0 aliphatic heterocycles. The largest absolute Gasteiger partial charge is 0.465 e. The molecule has 1 aromatic heterocycles. The number of aromatic nitrogens is 1. The number of hydrogen-bond acceptors (Lipinski definition) is 5. The van der Waals surface area contributed by atoms with E-state index in [9.17, 15) is 9.59 Å². The zero-order chi connectivity index (χ0) is 18.4. The molecule has 1 aromatic carbocycles. The third-order valence-corrected chi connectivity index (χ3v) is 4.93. The lowest BCUT2D eigenvalue weighted by Gasteiger charge is -2.12. The third kappa shape index (κ3) is 4.95. The second-order valence-electron chi connectivity index (χ2n) is 5.77. The zero-order valence-electron chi connectivity index (χ0n) is 15.1. The summed E-state index contributed by atoms with van der Waals surface area (Å²) in [5, 5.41) is 4.60. The van der Waals surface area contributed by atoms with Crippen molar-refractivity contribution in [3.63, 3.8) is 0 Å². The smallest absolute Gasteiger partial charge is 0.325 e. The van der Waals surface area contributed by atoms with Crippen LogP contribution in [-0.4, -0.2) is 35.8 Å². The lowest BCUT2D eigenvalue weighted by atomic mass is 10.0. The van der Waals surface area contributed by atoms with Gasteiger partial charge in [-0.3, -0.25) is 9.59 Å². The highest BCUT2D eigenvalue weighted by Crippen LogP contribution is 2.28. The van der Waals surface area contributed by atoms with Crippen LogP contribution in [0.3, 0.4) is 0 Å². The van der Waals surface area contributed by atoms with E-state index >= 15 is 0 Å². The Morgan fingerprint density at radius 2 is 1.92 bits per heavy atom. The Kier molecular flexibility index (Phi) is 6.82. The Morgan fingerprint density at radius 3 is 2.60 bits per heavy atom. The second-order valence-corrected chi connectivity index (χ2v) is 6.74. The van der Waals surface area contributed by atoms with Crippen molar-refractivity contribution in [1.82, 2.24) is 10.3 Å². The van der Waals surface area contributed by atoms with E-state index in [-0.39, 0.29) is 18.2 Å². The number of carbonyl (C=O) groups is 2. The van der Waals surface area contributed by atoms with E-state index in [4.69, 9.17) is 9.72 Å². The number of nitrogens with one attached hydrogen (secondary N) is 1. The van der Waals surface area contributed by atoms with Gasteiger partial charge in [-0.2, -0.15) is 0 Å². The Morgan fingerprint density at radius 1 is 1.20 bits per heavy atom. The second kappa shape index (κ2) is 8.85. The first-order valence-electron chi connectivity index (χ1n) is 8.41. The summed E-state index contributed by atoms with van der Waals surface area (Å²) < 4.78 is 4.79. The quantitative estimate of drug-likeness (QED) is 0.607. The van der Waals surface area contributed by atoms with E-state index in [1.807, 2.05) is 6.92 Å². The van der Waals surface area contributed by atoms with Crippen molar-refractivity contribution < 1.29 is 14.3 Å². The number of esters is 1. The highest BCUT2D eigenvalue weighted by atomic mass is 32.2. The van der Waals surface area contributed by atoms with E-state index in [0.29, 0.717) is 6.61 Å². The molecular weight excluding hydrogens is 336 g/mol. The first-order chi connectivity index (χ1) is 12.0. The average molecular weight is 360 g/mol. The van der Waals surface area contributed by atoms with Crippen LogP contribution in [0.15, 0.2) is 23.2 Å². The van der Waals surface area contributed by atoms with Gasteiger partial charge in [-0.1, -0.05) is 30.8 Å². The molecule has 0 bridgehead atoms. The average Bonchev–Trinajstić information content (AvgIpc) is 2.61. The molecule has 5 nitrogen and oxygen atoms in total. The molecule has 25 heavy (non-hydrogen) atoms. The van der Waals surface area contributed by atoms with Gasteiger partial charge >= 0.3 is 5.97 Å². The first kappa shape index (κ1) is 19.2. The van der Waals surface area contributed by atoms with Gasteiger partial charge in [0.2, 0.25) is 5.91 Å². The van der Waals surface area contributed by atoms with Gasteiger partial charge < -0.3 is 10.1 Å². The number of ether oxygens (including phenoxy) is 1. The molecule has 0 atom stereocenters. The minimum atomic E-state index is -0.426. The van der Waals surface area contributed by atoms with E-state index in [1.54, 1.807) is 6.92 Å². The van der Waals surface area contributed by atoms with Crippen LogP contribution in [0.25, 0.3) is 10.9 Å². The SMILES string of the molecule is CCOC(=O)CNC(=O)CSc1nc2c(C)ccc(C)c2cc1CC. The summed E-state index contributed by atoms with van der Waals surface area (Å²) in [6.07, 6.45) is 0.850. The van der Waals surface area contributed by atoms with Gasteiger partial charge in [-0.05, 0) is 49.9 Å². The van der Waals surface area contributed by atoms with E-state index in [0.717, 1.165) is 33.5 Å². The number of carbonyl (C=O) groups excluding carboxylic acids is 2. The minimum absolute atomic E-state index is 0.0999. The molecule has 1 amide bonds. The molecule has 0 aliphatic carbocycles. The summed E-state index contributed by atoms with van der Waals surface area (Å²) in [5.41, 5.74) is 4.43. The van der Waals surface area contributed by atoms with Crippen molar-refractivity contribution in [2.24, 2.45) is 0 Å². The van der Waals surface area contributed by atoms with Crippen molar-refractivity contribution in [3.8, 4) is 0 Å². The molecule has 2 rings (SSSR count). The maximum atomic E-state index is 11.9. The van der Waals surface area contributed by atoms with Crippen LogP contribution < -0.4 is 5.32 Å². The third-order valence-electron chi connectivity index (χ3n) is 3.90. The van der Waals surface area contributed by atoms with Gasteiger partial charge in [0.15, 0.2) is 0 Å². The molecule has 0 unspecified atom stereocenters. The van der Waals surface area contributed by atoms with Crippen molar-refractivity contribution in [1.29, 1.82) is 0 Å². The van der Waals surface area contributed by atoms with Gasteiger partial charge in [0.1, 0.15) is 11.6 Å². The molecular formula is C19H24N2O3S. The number of hydrogen-bond donors (Lipinski definition) is 1. The van der Waals surface area contributed by atoms with Crippen LogP contribution in [0.5, 0.6) is 0 Å². The fraction of sp³-hybridized carbons (Fsp3) is 0.421. The Labute approximate surface area is 152 Å². The number of nitrogens with zero attached hydrogens (tertiary/aromatic N) is 1. The Bertz CT molecular complexity index is 790. The molecule has 1 N–H and O–H groups in total. The highest BCUT2D eigenvalue weighted by molar-refractivity contribution is 7.99. The minimum Gasteiger partial charge on any atom is -0.465 e. The normalized spacial score (nSPS) is 10.7. The number of pyridine rings is 1. The van der Waals surface area contributed by atoms with Crippen LogP contribution in [0.4, 0.5) is 0 Å². The fourth-order valence-electron chi connectivity index (χ4n) is 2.50. The van der Waals surface area contributed by atoms with Crippen molar-refractivity contribution in [2.75, 3.05) is 18.9 Å². The summed E-state index contributed by atoms with van der Waals surface area (Å²) in [4.78, 5) is 28.0. The molecule has 0 aliphatic rings. The van der Waals surface area contributed by atoms with Crippen LogP contribution in [0.1, 0.15) is 30.5 Å². The lowest BCUT2D eigenvalue weighted by Crippen LogP contribution is -2.31. The van der Waals surface area contributed by atoms with E-state index in [2.05, 4.69) is 37.4 Å².